The highest BCUT2D eigenvalue weighted by molar-refractivity contribution is 5.82. The van der Waals surface area contributed by atoms with Gasteiger partial charge in [0.15, 0.2) is 0 Å². The van der Waals surface area contributed by atoms with Crippen molar-refractivity contribution >= 4 is 12.0 Å². The van der Waals surface area contributed by atoms with Crippen molar-refractivity contribution in [3.63, 3.8) is 0 Å². The third-order valence-corrected chi connectivity index (χ3v) is 3.02. The van der Waals surface area contributed by atoms with Crippen molar-refractivity contribution in [3.05, 3.63) is 18.2 Å². The Bertz CT molecular complexity index is 432. The van der Waals surface area contributed by atoms with Gasteiger partial charge in [-0.1, -0.05) is 0 Å². The fraction of sp³-hybridized carbons (Fsp3) is 0.583. The number of carboxylic acid groups (broad SMARTS) is 1. The van der Waals surface area contributed by atoms with E-state index in [1.54, 1.807) is 0 Å². The molecule has 0 aliphatic carbocycles. The van der Waals surface area contributed by atoms with Crippen LogP contribution in [0.25, 0.3) is 0 Å². The van der Waals surface area contributed by atoms with Crippen LogP contribution >= 0.6 is 0 Å². The summed E-state index contributed by atoms with van der Waals surface area (Å²) in [5.74, 6) is -1.09. The van der Waals surface area contributed by atoms with E-state index < -0.39 is 18.0 Å². The Hall–Kier alpha value is -2.09. The number of imidazole rings is 1. The van der Waals surface area contributed by atoms with E-state index in [1.165, 1.54) is 12.5 Å². The summed E-state index contributed by atoms with van der Waals surface area (Å²) in [6.45, 7) is 2.40. The maximum Gasteiger partial charge on any atom is 0.326 e. The number of hydrogen-bond donors (Lipinski definition) is 4. The zero-order valence-corrected chi connectivity index (χ0v) is 11.9. The van der Waals surface area contributed by atoms with E-state index in [1.807, 2.05) is 25.9 Å². The van der Waals surface area contributed by atoms with E-state index in [9.17, 15) is 9.59 Å². The number of carbonyl (C=O) groups excluding carboxylic acids is 1. The minimum Gasteiger partial charge on any atom is -0.480 e. The average molecular weight is 283 g/mol. The van der Waals surface area contributed by atoms with Gasteiger partial charge in [-0.05, 0) is 21.0 Å². The fourth-order valence-electron chi connectivity index (χ4n) is 1.45. The average Bonchev–Trinajstić information content (AvgIpc) is 2.87. The summed E-state index contributed by atoms with van der Waals surface area (Å²) < 4.78 is 0. The maximum atomic E-state index is 11.7. The molecule has 4 N–H and O–H groups in total. The molecule has 0 aromatic carbocycles. The highest BCUT2D eigenvalue weighted by Crippen LogP contribution is 1.99. The second-order valence-electron chi connectivity index (χ2n) is 4.84. The Morgan fingerprint density at radius 3 is 2.70 bits per heavy atom. The molecule has 0 bridgehead atoms. The number of aromatic nitrogens is 2. The van der Waals surface area contributed by atoms with E-state index in [0.717, 1.165) is 0 Å². The van der Waals surface area contributed by atoms with Gasteiger partial charge in [0.25, 0.3) is 0 Å². The lowest BCUT2D eigenvalue weighted by Gasteiger charge is -2.21. The second kappa shape index (κ2) is 7.49. The molecule has 1 aromatic heterocycles. The number of H-pyrrole nitrogens is 1. The van der Waals surface area contributed by atoms with E-state index in [2.05, 4.69) is 20.6 Å². The molecule has 2 atom stereocenters. The standard InChI is InChI=1S/C12H21N5O3/c1-8(17(2)3)5-14-12(20)16-10(11(18)19)4-9-6-13-7-15-9/h6-8,10H,4-5H2,1-3H3,(H,13,15)(H,18,19)(H2,14,16,20)/t8?,10-/m0/s1. The Labute approximate surface area is 117 Å². The molecule has 112 valence electrons. The number of likely N-dealkylation sites (N-methyl/N-ethyl adjacent to an activating group) is 1. The van der Waals surface area contributed by atoms with Crippen molar-refractivity contribution in [2.24, 2.45) is 0 Å². The smallest absolute Gasteiger partial charge is 0.326 e. The molecule has 0 saturated carbocycles. The monoisotopic (exact) mass is 283 g/mol. The topological polar surface area (TPSA) is 110 Å². The lowest BCUT2D eigenvalue weighted by atomic mass is 10.2. The van der Waals surface area contributed by atoms with Crippen LogP contribution in [-0.2, 0) is 11.2 Å². The number of nitrogens with one attached hydrogen (secondary N) is 3. The van der Waals surface area contributed by atoms with Crippen molar-refractivity contribution in [1.29, 1.82) is 0 Å². The van der Waals surface area contributed by atoms with Crippen LogP contribution < -0.4 is 10.6 Å². The van der Waals surface area contributed by atoms with Crippen molar-refractivity contribution in [3.8, 4) is 0 Å². The molecule has 0 aliphatic heterocycles. The molecule has 1 heterocycles. The summed E-state index contributed by atoms with van der Waals surface area (Å²) in [7, 11) is 3.81. The van der Waals surface area contributed by atoms with Gasteiger partial charge in [0.05, 0.1) is 6.33 Å². The fourth-order valence-corrected chi connectivity index (χ4v) is 1.45. The summed E-state index contributed by atoms with van der Waals surface area (Å²) >= 11 is 0. The van der Waals surface area contributed by atoms with Gasteiger partial charge in [-0.25, -0.2) is 14.6 Å². The van der Waals surface area contributed by atoms with Crippen LogP contribution in [-0.4, -0.2) is 64.7 Å². The van der Waals surface area contributed by atoms with Crippen LogP contribution in [0.5, 0.6) is 0 Å². The molecule has 0 saturated heterocycles. The molecule has 2 amide bonds. The molecular formula is C12H21N5O3. The van der Waals surface area contributed by atoms with Gasteiger partial charge < -0.3 is 25.6 Å². The maximum absolute atomic E-state index is 11.7. The number of hydrogen-bond acceptors (Lipinski definition) is 4. The zero-order chi connectivity index (χ0) is 15.1. The van der Waals surface area contributed by atoms with Crippen molar-refractivity contribution < 1.29 is 14.7 Å². The molecule has 1 unspecified atom stereocenters. The number of carboxylic acids is 1. The normalized spacial score (nSPS) is 13.8. The molecule has 1 rings (SSSR count). The summed E-state index contributed by atoms with van der Waals surface area (Å²) in [6, 6.07) is -1.33. The van der Waals surface area contributed by atoms with Crippen LogP contribution in [0.2, 0.25) is 0 Å². The van der Waals surface area contributed by atoms with Crippen LogP contribution in [0, 0.1) is 0 Å². The predicted octanol–water partition coefficient (Wildman–Crippen LogP) is -0.345. The predicted molar refractivity (Wildman–Crippen MR) is 73.4 cm³/mol. The highest BCUT2D eigenvalue weighted by atomic mass is 16.4. The quantitative estimate of drug-likeness (QED) is 0.547. The van der Waals surface area contributed by atoms with Crippen molar-refractivity contribution in [2.45, 2.75) is 25.4 Å². The van der Waals surface area contributed by atoms with E-state index >= 15 is 0 Å². The lowest BCUT2D eigenvalue weighted by Crippen LogP contribution is -2.49. The molecular weight excluding hydrogens is 262 g/mol. The van der Waals surface area contributed by atoms with Crippen LogP contribution in [0.3, 0.4) is 0 Å². The zero-order valence-electron chi connectivity index (χ0n) is 11.9. The van der Waals surface area contributed by atoms with Gasteiger partial charge in [-0.3, -0.25) is 0 Å². The third-order valence-electron chi connectivity index (χ3n) is 3.02. The number of nitrogens with zero attached hydrogens (tertiary/aromatic N) is 2. The molecule has 8 nitrogen and oxygen atoms in total. The van der Waals surface area contributed by atoms with Crippen LogP contribution in [0.15, 0.2) is 12.5 Å². The SMILES string of the molecule is CC(CNC(=O)N[C@@H](Cc1cnc[nH]1)C(=O)O)N(C)C. The van der Waals surface area contributed by atoms with Gasteiger partial charge in [-0.2, -0.15) is 0 Å². The molecule has 8 heteroatoms. The minimum absolute atomic E-state index is 0.159. The first-order chi connectivity index (χ1) is 9.40. The summed E-state index contributed by atoms with van der Waals surface area (Å²) in [4.78, 5) is 31.4. The first kappa shape index (κ1) is 16.0. The number of aliphatic carboxylic acids is 1. The molecule has 0 fully saturated rings. The summed E-state index contributed by atoms with van der Waals surface area (Å²) in [6.07, 6.45) is 3.16. The Morgan fingerprint density at radius 1 is 1.50 bits per heavy atom. The van der Waals surface area contributed by atoms with Crippen LogP contribution in [0.4, 0.5) is 4.79 Å². The number of carbonyl (C=O) groups is 2. The minimum atomic E-state index is -1.09. The number of rotatable bonds is 7. The summed E-state index contributed by atoms with van der Waals surface area (Å²) in [5.41, 5.74) is 0.652. The van der Waals surface area contributed by atoms with Gasteiger partial charge in [0, 0.05) is 30.9 Å². The van der Waals surface area contributed by atoms with Gasteiger partial charge in [0.2, 0.25) is 0 Å². The number of amides is 2. The third kappa shape index (κ3) is 5.27. The van der Waals surface area contributed by atoms with Gasteiger partial charge in [-0.15, -0.1) is 0 Å². The largest absolute Gasteiger partial charge is 0.480 e. The molecule has 0 radical (unpaired) electrons. The first-order valence-corrected chi connectivity index (χ1v) is 6.31. The number of aromatic amines is 1. The lowest BCUT2D eigenvalue weighted by molar-refractivity contribution is -0.139. The van der Waals surface area contributed by atoms with E-state index in [4.69, 9.17) is 5.11 Å². The van der Waals surface area contributed by atoms with Crippen molar-refractivity contribution in [2.75, 3.05) is 20.6 Å². The van der Waals surface area contributed by atoms with Gasteiger partial charge in [0.1, 0.15) is 6.04 Å². The van der Waals surface area contributed by atoms with Gasteiger partial charge >= 0.3 is 12.0 Å². The Kier molecular flexibility index (Phi) is 5.98. The summed E-state index contributed by atoms with van der Waals surface area (Å²) in [5, 5.41) is 14.2. The Morgan fingerprint density at radius 2 is 2.20 bits per heavy atom. The molecule has 0 aliphatic rings. The first-order valence-electron chi connectivity index (χ1n) is 6.31. The van der Waals surface area contributed by atoms with E-state index in [0.29, 0.717) is 12.2 Å². The number of urea groups is 1. The highest BCUT2D eigenvalue weighted by Gasteiger charge is 2.21. The van der Waals surface area contributed by atoms with Crippen molar-refractivity contribution in [1.82, 2.24) is 25.5 Å². The molecule has 20 heavy (non-hydrogen) atoms. The van der Waals surface area contributed by atoms with Crippen LogP contribution in [0.1, 0.15) is 12.6 Å². The molecule has 1 aromatic rings. The Balaban J connectivity index is 2.45. The molecule has 0 spiro atoms. The van der Waals surface area contributed by atoms with E-state index in [-0.39, 0.29) is 12.5 Å². The second-order valence-corrected chi connectivity index (χ2v) is 4.84.